The molecule has 3 rings (SSSR count). The summed E-state index contributed by atoms with van der Waals surface area (Å²) >= 11 is 0. The summed E-state index contributed by atoms with van der Waals surface area (Å²) in [6.07, 6.45) is 6.20. The number of imidazole rings is 1. The largest absolute Gasteiger partial charge is 0.356 e. The number of nitrogens with one attached hydrogen (secondary N) is 1. The number of piperazine rings is 1. The summed E-state index contributed by atoms with van der Waals surface area (Å²) in [5.74, 6) is 2.13. The average Bonchev–Trinajstić information content (AvgIpc) is 3.10. The number of rotatable bonds is 7. The van der Waals surface area contributed by atoms with Crippen molar-refractivity contribution in [2.45, 2.75) is 39.8 Å². The molecule has 0 bridgehead atoms. The number of guanidine groups is 1. The Morgan fingerprint density at radius 2 is 1.93 bits per heavy atom. The second-order valence-electron chi connectivity index (χ2n) is 7.60. The van der Waals surface area contributed by atoms with E-state index in [1.165, 1.54) is 11.1 Å². The van der Waals surface area contributed by atoms with Crippen molar-refractivity contribution in [2.75, 3.05) is 39.8 Å². The number of unbranched alkanes of at least 4 members (excludes halogenated alkanes) is 1. The summed E-state index contributed by atoms with van der Waals surface area (Å²) in [6.45, 7) is 11.5. The highest BCUT2D eigenvalue weighted by Crippen LogP contribution is 2.10. The Balaban J connectivity index is 0.00000300. The Kier molecular flexibility index (Phi) is 9.93. The van der Waals surface area contributed by atoms with E-state index < -0.39 is 0 Å². The molecule has 1 aliphatic rings. The van der Waals surface area contributed by atoms with Crippen molar-refractivity contribution < 1.29 is 0 Å². The summed E-state index contributed by atoms with van der Waals surface area (Å²) < 4.78 is 2.21. The first-order chi connectivity index (χ1) is 13.7. The molecule has 6 nitrogen and oxygen atoms in total. The normalized spacial score (nSPS) is 15.3. The maximum Gasteiger partial charge on any atom is 0.193 e. The zero-order valence-corrected chi connectivity index (χ0v) is 20.3. The minimum atomic E-state index is 0. The molecule has 2 heterocycles. The van der Waals surface area contributed by atoms with Gasteiger partial charge in [-0.25, -0.2) is 4.98 Å². The summed E-state index contributed by atoms with van der Waals surface area (Å²) in [5.41, 5.74) is 2.74. The van der Waals surface area contributed by atoms with Crippen LogP contribution in [-0.2, 0) is 13.1 Å². The minimum Gasteiger partial charge on any atom is -0.356 e. The maximum atomic E-state index is 4.49. The molecule has 7 heteroatoms. The fourth-order valence-electron chi connectivity index (χ4n) is 3.77. The van der Waals surface area contributed by atoms with Gasteiger partial charge in [0, 0.05) is 65.3 Å². The molecule has 1 aromatic heterocycles. The SMILES string of the molecule is CN=C(NCCCCn1ccnc1C)N1CCN(Cc2cccc(C)c2)CC1.I. The molecule has 1 aliphatic heterocycles. The van der Waals surface area contributed by atoms with Crippen LogP contribution in [0.2, 0.25) is 0 Å². The topological polar surface area (TPSA) is 48.7 Å². The lowest BCUT2D eigenvalue weighted by Crippen LogP contribution is -2.52. The van der Waals surface area contributed by atoms with Gasteiger partial charge in [-0.2, -0.15) is 0 Å². The van der Waals surface area contributed by atoms with E-state index in [1.54, 1.807) is 0 Å². The van der Waals surface area contributed by atoms with Crippen molar-refractivity contribution in [3.05, 3.63) is 53.6 Å². The zero-order chi connectivity index (χ0) is 19.8. The van der Waals surface area contributed by atoms with Crippen LogP contribution >= 0.6 is 24.0 Å². The lowest BCUT2D eigenvalue weighted by Gasteiger charge is -2.36. The smallest absolute Gasteiger partial charge is 0.193 e. The van der Waals surface area contributed by atoms with Crippen LogP contribution in [-0.4, -0.2) is 65.1 Å². The lowest BCUT2D eigenvalue weighted by molar-refractivity contribution is 0.172. The van der Waals surface area contributed by atoms with Crippen LogP contribution in [0.5, 0.6) is 0 Å². The Bertz CT molecular complexity index is 764. The Morgan fingerprint density at radius 1 is 1.14 bits per heavy atom. The van der Waals surface area contributed by atoms with Crippen molar-refractivity contribution in [2.24, 2.45) is 4.99 Å². The number of nitrogens with zero attached hydrogens (tertiary/aromatic N) is 5. The van der Waals surface area contributed by atoms with Gasteiger partial charge >= 0.3 is 0 Å². The molecular weight excluding hydrogens is 475 g/mol. The summed E-state index contributed by atoms with van der Waals surface area (Å²) in [4.78, 5) is 13.7. The Labute approximate surface area is 192 Å². The van der Waals surface area contributed by atoms with Gasteiger partial charge in [0.1, 0.15) is 5.82 Å². The minimum absolute atomic E-state index is 0. The molecule has 160 valence electrons. The maximum absolute atomic E-state index is 4.49. The van der Waals surface area contributed by atoms with E-state index >= 15 is 0 Å². The van der Waals surface area contributed by atoms with Gasteiger partial charge in [-0.3, -0.25) is 9.89 Å². The van der Waals surface area contributed by atoms with Gasteiger partial charge < -0.3 is 14.8 Å². The van der Waals surface area contributed by atoms with Crippen molar-refractivity contribution in [1.82, 2.24) is 24.7 Å². The standard InChI is InChI=1S/C22H34N6.HI/c1-19-7-6-8-21(17-19)18-26-13-15-28(16-14-26)22(23-3)25-9-4-5-11-27-12-10-24-20(27)2;/h6-8,10,12,17H,4-5,9,11,13-16,18H2,1-3H3,(H,23,25);1H. The number of aromatic nitrogens is 2. The third-order valence-electron chi connectivity index (χ3n) is 5.40. The first kappa shape index (κ1) is 23.7. The second kappa shape index (κ2) is 12.2. The van der Waals surface area contributed by atoms with Gasteiger partial charge in [-0.1, -0.05) is 29.8 Å². The van der Waals surface area contributed by atoms with Crippen LogP contribution in [0.15, 0.2) is 41.7 Å². The fraction of sp³-hybridized carbons (Fsp3) is 0.545. The fourth-order valence-corrected chi connectivity index (χ4v) is 3.77. The van der Waals surface area contributed by atoms with Crippen LogP contribution in [0.25, 0.3) is 0 Å². The molecule has 2 aromatic rings. The van der Waals surface area contributed by atoms with E-state index in [0.29, 0.717) is 0 Å². The Morgan fingerprint density at radius 3 is 2.59 bits per heavy atom. The molecule has 0 saturated carbocycles. The highest BCUT2D eigenvalue weighted by molar-refractivity contribution is 14.0. The molecule has 1 N–H and O–H groups in total. The number of benzene rings is 1. The van der Waals surface area contributed by atoms with E-state index in [1.807, 2.05) is 13.2 Å². The van der Waals surface area contributed by atoms with E-state index in [-0.39, 0.29) is 24.0 Å². The van der Waals surface area contributed by atoms with E-state index in [2.05, 4.69) is 74.0 Å². The zero-order valence-electron chi connectivity index (χ0n) is 18.0. The Hall–Kier alpha value is -1.61. The predicted octanol–water partition coefficient (Wildman–Crippen LogP) is 3.29. The van der Waals surface area contributed by atoms with Crippen LogP contribution < -0.4 is 5.32 Å². The summed E-state index contributed by atoms with van der Waals surface area (Å²) in [5, 5.41) is 3.54. The number of aryl methyl sites for hydroxylation is 3. The molecule has 29 heavy (non-hydrogen) atoms. The molecule has 0 unspecified atom stereocenters. The first-order valence-corrected chi connectivity index (χ1v) is 10.4. The van der Waals surface area contributed by atoms with E-state index in [9.17, 15) is 0 Å². The monoisotopic (exact) mass is 510 g/mol. The van der Waals surface area contributed by atoms with Crippen LogP contribution in [0.3, 0.4) is 0 Å². The van der Waals surface area contributed by atoms with Crippen molar-refractivity contribution >= 4 is 29.9 Å². The second-order valence-corrected chi connectivity index (χ2v) is 7.60. The lowest BCUT2D eigenvalue weighted by atomic mass is 10.1. The highest BCUT2D eigenvalue weighted by Gasteiger charge is 2.19. The van der Waals surface area contributed by atoms with Crippen LogP contribution in [0.4, 0.5) is 0 Å². The molecule has 0 amide bonds. The summed E-state index contributed by atoms with van der Waals surface area (Å²) in [6, 6.07) is 8.83. The van der Waals surface area contributed by atoms with Gasteiger partial charge in [0.15, 0.2) is 5.96 Å². The van der Waals surface area contributed by atoms with Gasteiger partial charge in [0.05, 0.1) is 0 Å². The summed E-state index contributed by atoms with van der Waals surface area (Å²) in [7, 11) is 1.89. The third kappa shape index (κ3) is 7.29. The molecule has 1 fully saturated rings. The highest BCUT2D eigenvalue weighted by atomic mass is 127. The average molecular weight is 510 g/mol. The molecule has 0 spiro atoms. The number of aliphatic imine (C=N–C) groups is 1. The quantitative estimate of drug-likeness (QED) is 0.269. The van der Waals surface area contributed by atoms with Gasteiger partial charge in [-0.15, -0.1) is 24.0 Å². The predicted molar refractivity (Wildman–Crippen MR) is 131 cm³/mol. The molecular formula is C22H35IN6. The van der Waals surface area contributed by atoms with Crippen molar-refractivity contribution in [1.29, 1.82) is 0 Å². The molecule has 0 aliphatic carbocycles. The van der Waals surface area contributed by atoms with E-state index in [4.69, 9.17) is 0 Å². The van der Waals surface area contributed by atoms with Gasteiger partial charge in [-0.05, 0) is 32.3 Å². The molecule has 1 saturated heterocycles. The van der Waals surface area contributed by atoms with Gasteiger partial charge in [0.25, 0.3) is 0 Å². The van der Waals surface area contributed by atoms with Crippen molar-refractivity contribution in [3.8, 4) is 0 Å². The molecule has 0 atom stereocenters. The van der Waals surface area contributed by atoms with Gasteiger partial charge in [0.2, 0.25) is 0 Å². The molecule has 0 radical (unpaired) electrons. The number of hydrogen-bond acceptors (Lipinski definition) is 3. The molecule has 1 aromatic carbocycles. The van der Waals surface area contributed by atoms with Crippen LogP contribution in [0.1, 0.15) is 29.8 Å². The van der Waals surface area contributed by atoms with Crippen molar-refractivity contribution in [3.63, 3.8) is 0 Å². The first-order valence-electron chi connectivity index (χ1n) is 10.4. The van der Waals surface area contributed by atoms with E-state index in [0.717, 1.165) is 70.4 Å². The number of halogens is 1. The third-order valence-corrected chi connectivity index (χ3v) is 5.40. The van der Waals surface area contributed by atoms with Crippen LogP contribution in [0, 0.1) is 13.8 Å². The number of hydrogen-bond donors (Lipinski definition) is 1.